The summed E-state index contributed by atoms with van der Waals surface area (Å²) < 4.78 is 5.55. The first-order valence-corrected chi connectivity index (χ1v) is 11.2. The third kappa shape index (κ3) is 7.32. The van der Waals surface area contributed by atoms with E-state index in [1.165, 1.54) is 4.90 Å². The van der Waals surface area contributed by atoms with Crippen LogP contribution >= 0.6 is 35.7 Å². The molecular weight excluding hydrogens is 499 g/mol. The summed E-state index contributed by atoms with van der Waals surface area (Å²) in [5.74, 6) is 1.11. The van der Waals surface area contributed by atoms with Crippen molar-refractivity contribution in [3.8, 4) is 0 Å². The number of carbonyl (C=O) groups is 1. The number of nitrogens with one attached hydrogen (secondary N) is 1. The number of amides is 1. The summed E-state index contributed by atoms with van der Waals surface area (Å²) in [5, 5.41) is 3.81. The minimum atomic E-state index is -0.218. The average molecular weight is 532 g/mol. The Morgan fingerprint density at radius 1 is 1.24 bits per heavy atom. The van der Waals surface area contributed by atoms with E-state index in [0.717, 1.165) is 58.1 Å². The normalized spacial score (nSPS) is 20.9. The molecular formula is C21H33IN4O2S. The number of rotatable bonds is 6. The molecule has 1 aromatic rings. The molecule has 0 aliphatic carbocycles. The van der Waals surface area contributed by atoms with E-state index >= 15 is 0 Å². The molecule has 2 aliphatic heterocycles. The monoisotopic (exact) mass is 532 g/mol. The highest BCUT2D eigenvalue weighted by Gasteiger charge is 2.30. The lowest BCUT2D eigenvalue weighted by Gasteiger charge is -2.37. The van der Waals surface area contributed by atoms with Crippen molar-refractivity contribution < 1.29 is 9.53 Å². The lowest BCUT2D eigenvalue weighted by molar-refractivity contribution is -0.142. The van der Waals surface area contributed by atoms with Crippen molar-refractivity contribution in [3.05, 3.63) is 30.3 Å². The van der Waals surface area contributed by atoms with Gasteiger partial charge < -0.3 is 19.9 Å². The molecule has 1 aromatic carbocycles. The van der Waals surface area contributed by atoms with Crippen LogP contribution in [0.2, 0.25) is 0 Å². The Morgan fingerprint density at radius 3 is 2.55 bits per heavy atom. The van der Waals surface area contributed by atoms with Gasteiger partial charge in [-0.3, -0.25) is 9.79 Å². The van der Waals surface area contributed by atoms with Gasteiger partial charge in [0.2, 0.25) is 0 Å². The Labute approximate surface area is 195 Å². The van der Waals surface area contributed by atoms with Gasteiger partial charge in [0.05, 0.1) is 6.54 Å². The second-order valence-corrected chi connectivity index (χ2v) is 8.76. The lowest BCUT2D eigenvalue weighted by Crippen LogP contribution is -2.55. The quantitative estimate of drug-likeness (QED) is 0.264. The molecule has 162 valence electrons. The van der Waals surface area contributed by atoms with Gasteiger partial charge in [-0.25, -0.2) is 0 Å². The molecule has 0 aromatic heterocycles. The number of hydrogen-bond acceptors (Lipinski definition) is 4. The number of guanidine groups is 1. The minimum absolute atomic E-state index is 0. The third-order valence-electron chi connectivity index (χ3n) is 5.01. The number of ether oxygens (including phenoxy) is 1. The van der Waals surface area contributed by atoms with Gasteiger partial charge in [-0.2, -0.15) is 0 Å². The average Bonchev–Trinajstić information content (AvgIpc) is 3.26. The summed E-state index contributed by atoms with van der Waals surface area (Å²) in [6.07, 6.45) is 1.64. The van der Waals surface area contributed by atoms with E-state index in [0.29, 0.717) is 11.9 Å². The summed E-state index contributed by atoms with van der Waals surface area (Å²) in [7, 11) is 0. The number of benzene rings is 1. The van der Waals surface area contributed by atoms with E-state index in [4.69, 9.17) is 9.73 Å². The Morgan fingerprint density at radius 2 is 1.93 bits per heavy atom. The van der Waals surface area contributed by atoms with Crippen LogP contribution in [-0.2, 0) is 9.53 Å². The second kappa shape index (κ2) is 12.6. The van der Waals surface area contributed by atoms with Crippen molar-refractivity contribution in [1.29, 1.82) is 0 Å². The third-order valence-corrected chi connectivity index (χ3v) is 6.11. The molecule has 1 N–H and O–H groups in total. The van der Waals surface area contributed by atoms with Crippen molar-refractivity contribution in [3.63, 3.8) is 0 Å². The Bertz CT molecular complexity index is 647. The highest BCUT2D eigenvalue weighted by molar-refractivity contribution is 14.0. The van der Waals surface area contributed by atoms with Gasteiger partial charge in [0.15, 0.2) is 5.96 Å². The van der Waals surface area contributed by atoms with E-state index in [9.17, 15) is 4.79 Å². The number of aliphatic imine (C=N–C) groups is 1. The summed E-state index contributed by atoms with van der Waals surface area (Å²) in [4.78, 5) is 22.9. The second-order valence-electron chi connectivity index (χ2n) is 7.25. The largest absolute Gasteiger partial charge is 0.368 e. The molecule has 0 bridgehead atoms. The minimum Gasteiger partial charge on any atom is -0.368 e. The van der Waals surface area contributed by atoms with Crippen molar-refractivity contribution in [2.24, 2.45) is 4.99 Å². The van der Waals surface area contributed by atoms with Crippen molar-refractivity contribution in [2.45, 2.75) is 42.9 Å². The zero-order valence-corrected chi connectivity index (χ0v) is 20.5. The molecule has 3 rings (SSSR count). The van der Waals surface area contributed by atoms with E-state index in [2.05, 4.69) is 48.3 Å². The lowest BCUT2D eigenvalue weighted by atomic mass is 10.2. The van der Waals surface area contributed by atoms with Crippen LogP contribution in [0.15, 0.2) is 40.2 Å². The van der Waals surface area contributed by atoms with Crippen LogP contribution in [0.5, 0.6) is 0 Å². The smallest absolute Gasteiger partial charge is 0.251 e. The van der Waals surface area contributed by atoms with E-state index in [-0.39, 0.29) is 36.0 Å². The molecule has 2 heterocycles. The summed E-state index contributed by atoms with van der Waals surface area (Å²) in [5.41, 5.74) is 0. The fraction of sp³-hybridized carbons (Fsp3) is 0.619. The first-order chi connectivity index (χ1) is 13.7. The molecule has 6 nitrogen and oxygen atoms in total. The predicted octanol–water partition coefficient (Wildman–Crippen LogP) is 3.07. The number of carbonyl (C=O) groups excluding carboxylic acids is 1. The SMILES string of the molecule is CCNC(=NCC(C)Sc1ccccc1)N1CCN(C(=O)C2CCCO2)CC1.I. The van der Waals surface area contributed by atoms with Crippen molar-refractivity contribution >= 4 is 47.6 Å². The maximum absolute atomic E-state index is 12.5. The number of nitrogens with zero attached hydrogens (tertiary/aromatic N) is 3. The van der Waals surface area contributed by atoms with Gasteiger partial charge in [0.25, 0.3) is 5.91 Å². The first-order valence-electron chi connectivity index (χ1n) is 10.3. The molecule has 0 saturated carbocycles. The standard InChI is InChI=1S/C21H32N4O2S.HI/c1-3-22-21(23-16-17(2)28-18-8-5-4-6-9-18)25-13-11-24(12-14-25)20(26)19-10-7-15-27-19;/h4-6,8-9,17,19H,3,7,10-16H2,1-2H3,(H,22,23);1H. The maximum atomic E-state index is 12.5. The molecule has 2 aliphatic rings. The van der Waals surface area contributed by atoms with Crippen LogP contribution in [0.3, 0.4) is 0 Å². The fourth-order valence-electron chi connectivity index (χ4n) is 3.52. The predicted molar refractivity (Wildman–Crippen MR) is 130 cm³/mol. The maximum Gasteiger partial charge on any atom is 0.251 e. The van der Waals surface area contributed by atoms with Crippen LogP contribution in [0, 0.1) is 0 Å². The van der Waals surface area contributed by atoms with Crippen molar-refractivity contribution in [1.82, 2.24) is 15.1 Å². The Hall–Kier alpha value is -1.00. The van der Waals surface area contributed by atoms with Gasteiger partial charge in [0.1, 0.15) is 6.10 Å². The first kappa shape index (κ1) is 24.3. The summed E-state index contributed by atoms with van der Waals surface area (Å²) >= 11 is 1.85. The molecule has 2 saturated heterocycles. The topological polar surface area (TPSA) is 57.2 Å². The fourth-order valence-corrected chi connectivity index (χ4v) is 4.45. The van der Waals surface area contributed by atoms with E-state index in [1.807, 2.05) is 22.7 Å². The van der Waals surface area contributed by atoms with Gasteiger partial charge in [0, 0.05) is 49.5 Å². The summed E-state index contributed by atoms with van der Waals surface area (Å²) in [6, 6.07) is 10.5. The number of thioether (sulfide) groups is 1. The molecule has 2 fully saturated rings. The van der Waals surface area contributed by atoms with E-state index in [1.54, 1.807) is 0 Å². The van der Waals surface area contributed by atoms with Crippen LogP contribution in [0.25, 0.3) is 0 Å². The molecule has 1 amide bonds. The van der Waals surface area contributed by atoms with Crippen LogP contribution < -0.4 is 5.32 Å². The molecule has 0 spiro atoms. The van der Waals surface area contributed by atoms with Crippen LogP contribution in [0.4, 0.5) is 0 Å². The van der Waals surface area contributed by atoms with Crippen LogP contribution in [0.1, 0.15) is 26.7 Å². The number of hydrogen-bond donors (Lipinski definition) is 1. The molecule has 8 heteroatoms. The number of piperazine rings is 1. The molecule has 2 atom stereocenters. The van der Waals surface area contributed by atoms with E-state index < -0.39 is 0 Å². The zero-order valence-electron chi connectivity index (χ0n) is 17.4. The van der Waals surface area contributed by atoms with Gasteiger partial charge >= 0.3 is 0 Å². The Balaban J connectivity index is 0.00000300. The van der Waals surface area contributed by atoms with Gasteiger partial charge in [-0.1, -0.05) is 25.1 Å². The number of halogens is 1. The van der Waals surface area contributed by atoms with Crippen LogP contribution in [-0.4, -0.2) is 78.9 Å². The molecule has 0 radical (unpaired) electrons. The molecule has 2 unspecified atom stereocenters. The highest BCUT2D eigenvalue weighted by atomic mass is 127. The summed E-state index contributed by atoms with van der Waals surface area (Å²) in [6.45, 7) is 9.71. The zero-order chi connectivity index (χ0) is 19.8. The molecule has 29 heavy (non-hydrogen) atoms. The highest BCUT2D eigenvalue weighted by Crippen LogP contribution is 2.22. The van der Waals surface area contributed by atoms with Gasteiger partial charge in [-0.05, 0) is 31.9 Å². The Kier molecular flexibility index (Phi) is 10.6. The van der Waals surface area contributed by atoms with Crippen molar-refractivity contribution in [2.75, 3.05) is 45.9 Å². The van der Waals surface area contributed by atoms with Gasteiger partial charge in [-0.15, -0.1) is 35.7 Å².